The Morgan fingerprint density at radius 1 is 1.25 bits per heavy atom. The highest BCUT2D eigenvalue weighted by Gasteiger charge is 2.23. The van der Waals surface area contributed by atoms with Crippen molar-refractivity contribution in [2.75, 3.05) is 24.3 Å². The van der Waals surface area contributed by atoms with Crippen LogP contribution in [0.15, 0.2) is 30.3 Å². The van der Waals surface area contributed by atoms with Gasteiger partial charge in [0.1, 0.15) is 5.69 Å². The third kappa shape index (κ3) is 3.24. The lowest BCUT2D eigenvalue weighted by atomic mass is 10.0. The first-order chi connectivity index (χ1) is 11.2. The summed E-state index contributed by atoms with van der Waals surface area (Å²) >= 11 is 0. The molecule has 2 rings (SSSR count). The number of hydrogen-bond acceptors (Lipinski definition) is 4. The molecule has 0 aliphatic carbocycles. The minimum Gasteiger partial charge on any atom is -0.465 e. The predicted octanol–water partition coefficient (Wildman–Crippen LogP) is 3.70. The fourth-order valence-electron chi connectivity index (χ4n) is 2.24. The van der Waals surface area contributed by atoms with Crippen LogP contribution in [0.4, 0.5) is 30.6 Å². The molecule has 7 nitrogen and oxygen atoms in total. The Balaban J connectivity index is 2.79. The number of carboxylic acid groups (broad SMARTS) is 1. The minimum atomic E-state index is -1.48. The number of nitrogens with zero attached hydrogens (tertiary/aromatic N) is 2. The quantitative estimate of drug-likeness (QED) is 0.655. The molecule has 9 heteroatoms. The maximum absolute atomic E-state index is 14.1. The summed E-state index contributed by atoms with van der Waals surface area (Å²) in [5.41, 5.74) is -0.643. The summed E-state index contributed by atoms with van der Waals surface area (Å²) in [6, 6.07) is 5.71. The average molecular weight is 337 g/mol. The summed E-state index contributed by atoms with van der Waals surface area (Å²) < 4.78 is 27.6. The monoisotopic (exact) mass is 337 g/mol. The first-order valence-electron chi connectivity index (χ1n) is 6.66. The second-order valence-corrected chi connectivity index (χ2v) is 5.07. The van der Waals surface area contributed by atoms with Crippen LogP contribution in [0.2, 0.25) is 0 Å². The van der Waals surface area contributed by atoms with E-state index in [9.17, 15) is 23.7 Å². The molecule has 0 aliphatic heterocycles. The summed E-state index contributed by atoms with van der Waals surface area (Å²) in [5, 5.41) is 22.0. The van der Waals surface area contributed by atoms with Gasteiger partial charge >= 0.3 is 6.09 Å². The van der Waals surface area contributed by atoms with Crippen LogP contribution in [0.25, 0.3) is 11.1 Å². The fourth-order valence-corrected chi connectivity index (χ4v) is 2.24. The lowest BCUT2D eigenvalue weighted by molar-refractivity contribution is -0.383. The lowest BCUT2D eigenvalue weighted by Crippen LogP contribution is -2.14. The smallest absolute Gasteiger partial charge is 0.409 e. The third-order valence-corrected chi connectivity index (χ3v) is 3.28. The highest BCUT2D eigenvalue weighted by molar-refractivity contribution is 5.92. The molecule has 2 N–H and O–H groups in total. The Labute approximate surface area is 135 Å². The van der Waals surface area contributed by atoms with Crippen LogP contribution in [0.3, 0.4) is 0 Å². The normalized spacial score (nSPS) is 10.3. The second kappa shape index (κ2) is 6.49. The van der Waals surface area contributed by atoms with Gasteiger partial charge in [-0.05, 0) is 12.1 Å². The number of nitro benzene ring substituents is 1. The van der Waals surface area contributed by atoms with Crippen molar-refractivity contribution >= 4 is 23.2 Å². The minimum absolute atomic E-state index is 0.0691. The van der Waals surface area contributed by atoms with Crippen LogP contribution >= 0.6 is 0 Å². The van der Waals surface area contributed by atoms with Gasteiger partial charge in [0.2, 0.25) is 0 Å². The van der Waals surface area contributed by atoms with Crippen LogP contribution in [-0.2, 0) is 0 Å². The van der Waals surface area contributed by atoms with Gasteiger partial charge in [-0.25, -0.2) is 13.6 Å². The van der Waals surface area contributed by atoms with Gasteiger partial charge in [0.15, 0.2) is 11.6 Å². The maximum atomic E-state index is 14.1. The molecule has 0 saturated heterocycles. The van der Waals surface area contributed by atoms with Crippen molar-refractivity contribution in [2.24, 2.45) is 0 Å². The molecule has 0 fully saturated rings. The average Bonchev–Trinajstić information content (AvgIpc) is 2.49. The molecular formula is C15H13F2N3O4. The van der Waals surface area contributed by atoms with E-state index in [1.54, 1.807) is 14.1 Å². The van der Waals surface area contributed by atoms with E-state index in [-0.39, 0.29) is 22.5 Å². The van der Waals surface area contributed by atoms with Crippen molar-refractivity contribution in [1.82, 2.24) is 0 Å². The third-order valence-electron chi connectivity index (χ3n) is 3.28. The topological polar surface area (TPSA) is 95.7 Å². The van der Waals surface area contributed by atoms with E-state index >= 15 is 0 Å². The molecule has 0 atom stereocenters. The van der Waals surface area contributed by atoms with Gasteiger partial charge in [-0.2, -0.15) is 0 Å². The van der Waals surface area contributed by atoms with E-state index in [2.05, 4.69) is 0 Å². The molecule has 0 aliphatic rings. The zero-order valence-electron chi connectivity index (χ0n) is 12.7. The maximum Gasteiger partial charge on any atom is 0.409 e. The van der Waals surface area contributed by atoms with Gasteiger partial charge in [0, 0.05) is 37.0 Å². The van der Waals surface area contributed by atoms with E-state index in [1.807, 2.05) is 5.32 Å². The van der Waals surface area contributed by atoms with Gasteiger partial charge in [-0.3, -0.25) is 15.4 Å². The van der Waals surface area contributed by atoms with Crippen LogP contribution < -0.4 is 10.2 Å². The number of anilines is 2. The molecule has 2 aromatic carbocycles. The number of nitro groups is 1. The Morgan fingerprint density at radius 2 is 1.92 bits per heavy atom. The fraction of sp³-hybridized carbons (Fsp3) is 0.133. The number of halogens is 2. The van der Waals surface area contributed by atoms with E-state index in [0.29, 0.717) is 0 Å². The second-order valence-electron chi connectivity index (χ2n) is 5.07. The highest BCUT2D eigenvalue weighted by atomic mass is 19.2. The van der Waals surface area contributed by atoms with Gasteiger partial charge in [-0.1, -0.05) is 12.1 Å². The molecule has 0 aromatic heterocycles. The molecule has 126 valence electrons. The van der Waals surface area contributed by atoms with Crippen molar-refractivity contribution in [3.8, 4) is 11.1 Å². The van der Waals surface area contributed by atoms with Crippen molar-refractivity contribution < 1.29 is 23.6 Å². The number of benzene rings is 2. The van der Waals surface area contributed by atoms with Crippen LogP contribution in [-0.4, -0.2) is 30.2 Å². The van der Waals surface area contributed by atoms with Crippen molar-refractivity contribution in [2.45, 2.75) is 0 Å². The van der Waals surface area contributed by atoms with Crippen LogP contribution in [0.5, 0.6) is 0 Å². The summed E-state index contributed by atoms with van der Waals surface area (Å²) in [4.78, 5) is 22.7. The molecule has 0 radical (unpaired) electrons. The molecule has 1 amide bonds. The number of hydrogen-bond donors (Lipinski definition) is 2. The van der Waals surface area contributed by atoms with E-state index in [0.717, 1.165) is 12.1 Å². The zero-order valence-corrected chi connectivity index (χ0v) is 12.7. The number of amides is 1. The SMILES string of the molecule is CN(C)c1cc(NC(=O)O)c([N+](=O)[O-])cc1-c1cccc(F)c1F. The highest BCUT2D eigenvalue weighted by Crippen LogP contribution is 2.39. The van der Waals surface area contributed by atoms with Gasteiger partial charge in [0.25, 0.3) is 5.69 Å². The molecule has 0 heterocycles. The van der Waals surface area contributed by atoms with E-state index in [4.69, 9.17) is 5.11 Å². The Hall–Kier alpha value is -3.23. The summed E-state index contributed by atoms with van der Waals surface area (Å²) in [5.74, 6) is -2.23. The largest absolute Gasteiger partial charge is 0.465 e. The zero-order chi connectivity index (χ0) is 18.0. The Morgan fingerprint density at radius 3 is 2.46 bits per heavy atom. The molecule has 0 spiro atoms. The first kappa shape index (κ1) is 17.1. The molecule has 0 saturated carbocycles. The molecule has 0 bridgehead atoms. The summed E-state index contributed by atoms with van der Waals surface area (Å²) in [7, 11) is 3.18. The summed E-state index contributed by atoms with van der Waals surface area (Å²) in [6.45, 7) is 0. The van der Waals surface area contributed by atoms with Crippen molar-refractivity contribution in [3.63, 3.8) is 0 Å². The van der Waals surface area contributed by atoms with Crippen molar-refractivity contribution in [3.05, 3.63) is 52.1 Å². The van der Waals surface area contributed by atoms with Gasteiger partial charge in [0.05, 0.1) is 4.92 Å². The standard InChI is InChI=1S/C15H13F2N3O4/c1-19(2)12-7-11(18-15(21)22)13(20(23)24)6-9(12)8-4-3-5-10(16)14(8)17/h3-7,18H,1-2H3,(H,21,22). The lowest BCUT2D eigenvalue weighted by Gasteiger charge is -2.19. The molecule has 24 heavy (non-hydrogen) atoms. The first-order valence-corrected chi connectivity index (χ1v) is 6.66. The van der Waals surface area contributed by atoms with Crippen LogP contribution in [0, 0.1) is 21.7 Å². The Kier molecular flexibility index (Phi) is 4.63. The molecule has 2 aromatic rings. The van der Waals surface area contributed by atoms with Gasteiger partial charge in [-0.15, -0.1) is 0 Å². The van der Waals surface area contributed by atoms with Gasteiger partial charge < -0.3 is 10.0 Å². The number of carbonyl (C=O) groups is 1. The summed E-state index contributed by atoms with van der Waals surface area (Å²) in [6.07, 6.45) is -1.48. The predicted molar refractivity (Wildman–Crippen MR) is 84.4 cm³/mol. The number of nitrogens with one attached hydrogen (secondary N) is 1. The van der Waals surface area contributed by atoms with Crippen molar-refractivity contribution in [1.29, 1.82) is 0 Å². The molecular weight excluding hydrogens is 324 g/mol. The molecule has 0 unspecified atom stereocenters. The van der Waals surface area contributed by atoms with E-state index in [1.165, 1.54) is 23.1 Å². The van der Waals surface area contributed by atoms with E-state index < -0.39 is 28.3 Å². The number of rotatable bonds is 4. The Bertz CT molecular complexity index is 825. The van der Waals surface area contributed by atoms with Crippen LogP contribution in [0.1, 0.15) is 0 Å².